The monoisotopic (exact) mass is 338 g/mol. The molecule has 1 saturated carbocycles. The van der Waals surface area contributed by atoms with Gasteiger partial charge in [-0.2, -0.15) is 4.31 Å². The highest BCUT2D eigenvalue weighted by Gasteiger charge is 2.49. The smallest absolute Gasteiger partial charge is 0.217 e. The molecule has 3 atom stereocenters. The summed E-state index contributed by atoms with van der Waals surface area (Å²) in [7, 11) is -3.09. The Balaban J connectivity index is 1.34. The summed E-state index contributed by atoms with van der Waals surface area (Å²) < 4.78 is 38.5. The second kappa shape index (κ2) is 6.03. The third-order valence-electron chi connectivity index (χ3n) is 4.93. The number of nitrogens with zero attached hydrogens (tertiary/aromatic N) is 2. The van der Waals surface area contributed by atoms with Crippen LogP contribution in [0.25, 0.3) is 0 Å². The van der Waals surface area contributed by atoms with Crippen LogP contribution in [0, 0.1) is 0 Å². The lowest BCUT2D eigenvalue weighted by Crippen LogP contribution is -2.47. The molecule has 0 N–H and O–H groups in total. The van der Waals surface area contributed by atoms with Crippen LogP contribution in [0.5, 0.6) is 5.75 Å². The lowest BCUT2D eigenvalue weighted by molar-refractivity contribution is -0.0767. The van der Waals surface area contributed by atoms with Crippen molar-refractivity contribution in [2.24, 2.45) is 0 Å². The van der Waals surface area contributed by atoms with E-state index < -0.39 is 10.0 Å². The number of fused-ring (bicyclic) bond motifs is 1. The maximum absolute atomic E-state index is 12.5. The quantitative estimate of drug-likeness (QED) is 0.815. The summed E-state index contributed by atoms with van der Waals surface area (Å²) in [5, 5.41) is -0.132. The van der Waals surface area contributed by atoms with Gasteiger partial charge in [-0.15, -0.1) is 0 Å². The molecular formula is C16H22N2O4S. The van der Waals surface area contributed by atoms with Crippen LogP contribution in [0.2, 0.25) is 0 Å². The fourth-order valence-corrected chi connectivity index (χ4v) is 5.67. The Labute approximate surface area is 136 Å². The van der Waals surface area contributed by atoms with Gasteiger partial charge in [0, 0.05) is 12.7 Å². The highest BCUT2D eigenvalue weighted by atomic mass is 32.2. The third-order valence-corrected chi connectivity index (χ3v) is 7.35. The van der Waals surface area contributed by atoms with E-state index in [0.717, 1.165) is 37.9 Å². The van der Waals surface area contributed by atoms with Gasteiger partial charge in [0.25, 0.3) is 0 Å². The maximum atomic E-state index is 12.5. The molecule has 4 rings (SSSR count). The van der Waals surface area contributed by atoms with Crippen molar-refractivity contribution < 1.29 is 17.9 Å². The van der Waals surface area contributed by atoms with Crippen molar-refractivity contribution in [1.29, 1.82) is 0 Å². The standard InChI is InChI=1S/C16H22N2O4S/c19-23(20,14-4-5-14)18-9-7-16-15(18)6-3-13(22-16)11-21-12-2-1-8-17-10-12/h1-2,8,10,13-16H,3-7,9,11H2/t13-,15-,16-/m0/s1. The number of rotatable bonds is 5. The topological polar surface area (TPSA) is 68.7 Å². The molecule has 7 heteroatoms. The number of aromatic nitrogens is 1. The second-order valence-electron chi connectivity index (χ2n) is 6.58. The van der Waals surface area contributed by atoms with Gasteiger partial charge in [0.2, 0.25) is 10.0 Å². The molecule has 2 saturated heterocycles. The minimum Gasteiger partial charge on any atom is -0.489 e. The molecule has 0 amide bonds. The number of sulfonamides is 1. The molecule has 0 aromatic carbocycles. The van der Waals surface area contributed by atoms with E-state index in [1.165, 1.54) is 0 Å². The van der Waals surface area contributed by atoms with E-state index in [0.29, 0.717) is 13.2 Å². The first-order chi connectivity index (χ1) is 11.1. The lowest BCUT2D eigenvalue weighted by atomic mass is 10.0. The minimum atomic E-state index is -3.09. The number of hydrogen-bond acceptors (Lipinski definition) is 5. The fraction of sp³-hybridized carbons (Fsp3) is 0.688. The van der Waals surface area contributed by atoms with Gasteiger partial charge in [0.1, 0.15) is 12.4 Å². The number of pyridine rings is 1. The molecule has 1 aromatic rings. The van der Waals surface area contributed by atoms with E-state index in [4.69, 9.17) is 9.47 Å². The van der Waals surface area contributed by atoms with Gasteiger partial charge in [0.05, 0.1) is 29.7 Å². The van der Waals surface area contributed by atoms with Crippen LogP contribution in [0.15, 0.2) is 24.5 Å². The van der Waals surface area contributed by atoms with E-state index in [1.54, 1.807) is 16.7 Å². The molecule has 6 nitrogen and oxygen atoms in total. The summed E-state index contributed by atoms with van der Waals surface area (Å²) in [4.78, 5) is 4.02. The molecule has 126 valence electrons. The second-order valence-corrected chi connectivity index (χ2v) is 8.75. The number of ether oxygens (including phenoxy) is 2. The van der Waals surface area contributed by atoms with Crippen LogP contribution in [0.4, 0.5) is 0 Å². The van der Waals surface area contributed by atoms with Crippen molar-refractivity contribution in [3.05, 3.63) is 24.5 Å². The summed E-state index contributed by atoms with van der Waals surface area (Å²) in [6.07, 6.45) is 7.56. The van der Waals surface area contributed by atoms with Gasteiger partial charge in [-0.1, -0.05) is 0 Å². The molecule has 3 heterocycles. The van der Waals surface area contributed by atoms with Crippen molar-refractivity contribution >= 4 is 10.0 Å². The van der Waals surface area contributed by atoms with E-state index in [-0.39, 0.29) is 23.5 Å². The van der Waals surface area contributed by atoms with Gasteiger partial charge in [-0.25, -0.2) is 8.42 Å². The van der Waals surface area contributed by atoms with Crippen LogP contribution < -0.4 is 4.74 Å². The SMILES string of the molecule is O=S(=O)(C1CC1)N1CC[C@@H]2O[C@H](COc3cccnc3)CC[C@@H]21. The summed E-state index contributed by atoms with van der Waals surface area (Å²) in [6, 6.07) is 3.73. The zero-order chi connectivity index (χ0) is 15.9. The fourth-order valence-electron chi connectivity index (χ4n) is 3.58. The normalized spacial score (nSPS) is 31.7. The Bertz CT molecular complexity index is 647. The Hall–Kier alpha value is -1.18. The highest BCUT2D eigenvalue weighted by molar-refractivity contribution is 7.90. The van der Waals surface area contributed by atoms with Crippen LogP contribution in [0.3, 0.4) is 0 Å². The molecular weight excluding hydrogens is 316 g/mol. The molecule has 0 unspecified atom stereocenters. The predicted octanol–water partition coefficient (Wildman–Crippen LogP) is 1.57. The Morgan fingerprint density at radius 3 is 2.87 bits per heavy atom. The Morgan fingerprint density at radius 2 is 2.13 bits per heavy atom. The van der Waals surface area contributed by atoms with E-state index in [2.05, 4.69) is 4.98 Å². The van der Waals surface area contributed by atoms with Gasteiger partial charge in [-0.05, 0) is 44.2 Å². The maximum Gasteiger partial charge on any atom is 0.217 e. The van der Waals surface area contributed by atoms with Crippen LogP contribution in [-0.2, 0) is 14.8 Å². The number of hydrogen-bond donors (Lipinski definition) is 0. The Morgan fingerprint density at radius 1 is 1.26 bits per heavy atom. The minimum absolute atomic E-state index is 0.0137. The van der Waals surface area contributed by atoms with Crippen molar-refractivity contribution in [3.63, 3.8) is 0 Å². The van der Waals surface area contributed by atoms with Crippen molar-refractivity contribution in [2.75, 3.05) is 13.2 Å². The molecule has 2 aliphatic heterocycles. The molecule has 1 aliphatic carbocycles. The van der Waals surface area contributed by atoms with E-state index >= 15 is 0 Å². The zero-order valence-electron chi connectivity index (χ0n) is 13.0. The molecule has 0 bridgehead atoms. The lowest BCUT2D eigenvalue weighted by Gasteiger charge is -2.35. The summed E-state index contributed by atoms with van der Waals surface area (Å²) in [6.45, 7) is 1.09. The van der Waals surface area contributed by atoms with E-state index in [9.17, 15) is 8.42 Å². The molecule has 3 fully saturated rings. The first-order valence-corrected chi connectivity index (χ1v) is 9.84. The van der Waals surface area contributed by atoms with E-state index in [1.807, 2.05) is 12.1 Å². The van der Waals surface area contributed by atoms with Gasteiger partial charge in [0.15, 0.2) is 0 Å². The van der Waals surface area contributed by atoms with Crippen LogP contribution in [-0.4, -0.2) is 54.4 Å². The molecule has 0 spiro atoms. The zero-order valence-corrected chi connectivity index (χ0v) is 13.8. The van der Waals surface area contributed by atoms with Gasteiger partial charge in [-0.3, -0.25) is 4.98 Å². The summed E-state index contributed by atoms with van der Waals surface area (Å²) >= 11 is 0. The van der Waals surface area contributed by atoms with Crippen molar-refractivity contribution in [1.82, 2.24) is 9.29 Å². The van der Waals surface area contributed by atoms with Gasteiger partial charge < -0.3 is 9.47 Å². The summed E-state index contributed by atoms with van der Waals surface area (Å²) in [5.41, 5.74) is 0. The van der Waals surface area contributed by atoms with Crippen LogP contribution in [0.1, 0.15) is 32.1 Å². The Kier molecular flexibility index (Phi) is 4.03. The first kappa shape index (κ1) is 15.4. The first-order valence-electron chi connectivity index (χ1n) is 8.33. The largest absolute Gasteiger partial charge is 0.489 e. The van der Waals surface area contributed by atoms with Crippen molar-refractivity contribution in [2.45, 2.75) is 55.6 Å². The molecule has 1 aromatic heterocycles. The molecule has 23 heavy (non-hydrogen) atoms. The average Bonchev–Trinajstić information content (AvgIpc) is 3.34. The third kappa shape index (κ3) is 3.09. The summed E-state index contributed by atoms with van der Waals surface area (Å²) in [5.74, 6) is 0.739. The molecule has 3 aliphatic rings. The van der Waals surface area contributed by atoms with Crippen molar-refractivity contribution in [3.8, 4) is 5.75 Å². The molecule has 0 radical (unpaired) electrons. The highest BCUT2D eigenvalue weighted by Crippen LogP contribution is 2.39. The predicted molar refractivity (Wildman–Crippen MR) is 84.7 cm³/mol. The average molecular weight is 338 g/mol. The van der Waals surface area contributed by atoms with Crippen LogP contribution >= 0.6 is 0 Å². The van der Waals surface area contributed by atoms with Gasteiger partial charge >= 0.3 is 0 Å².